The Morgan fingerprint density at radius 1 is 1.06 bits per heavy atom. The minimum absolute atomic E-state index is 0.130. The second kappa shape index (κ2) is 7.74. The molecular weight excluding hydrogens is 456 g/mol. The maximum absolute atomic E-state index is 13.2. The zero-order valence-electron chi connectivity index (χ0n) is 21.2. The minimum atomic E-state index is -1.96. The van der Waals surface area contributed by atoms with E-state index in [0.29, 0.717) is 11.1 Å². The zero-order chi connectivity index (χ0) is 26.3. The second-order valence-corrected chi connectivity index (χ2v) is 11.2. The summed E-state index contributed by atoms with van der Waals surface area (Å²) in [5.41, 5.74) is -4.82. The maximum atomic E-state index is 13.2. The molecule has 0 aromatic heterocycles. The van der Waals surface area contributed by atoms with E-state index in [2.05, 4.69) is 0 Å². The molecule has 9 nitrogen and oxygen atoms in total. The van der Waals surface area contributed by atoms with Gasteiger partial charge in [0, 0.05) is 56.3 Å². The Balaban J connectivity index is 1.95. The number of carbonyl (C=O) groups excluding carboxylic acids is 4. The molecule has 0 aromatic rings. The minimum Gasteiger partial charge on any atom is -0.461 e. The molecule has 4 rings (SSSR count). The number of ether oxygens (including phenoxy) is 3. The van der Waals surface area contributed by atoms with Crippen molar-refractivity contribution in [3.05, 3.63) is 23.3 Å². The van der Waals surface area contributed by atoms with Crippen LogP contribution in [0.1, 0.15) is 54.9 Å². The van der Waals surface area contributed by atoms with Gasteiger partial charge in [0.25, 0.3) is 0 Å². The Morgan fingerprint density at radius 2 is 1.69 bits per heavy atom. The number of rotatable bonds is 4. The summed E-state index contributed by atoms with van der Waals surface area (Å²) in [5, 5.41) is 24.3. The quantitative estimate of drug-likeness (QED) is 0.342. The molecule has 4 aliphatic carbocycles. The fourth-order valence-electron chi connectivity index (χ4n) is 7.43. The van der Waals surface area contributed by atoms with Crippen LogP contribution in [0.25, 0.3) is 0 Å². The number of hydrogen-bond acceptors (Lipinski definition) is 9. The zero-order valence-corrected chi connectivity index (χ0v) is 21.2. The van der Waals surface area contributed by atoms with Gasteiger partial charge in [-0.15, -0.1) is 0 Å². The predicted molar refractivity (Wildman–Crippen MR) is 121 cm³/mol. The second-order valence-electron chi connectivity index (χ2n) is 11.2. The van der Waals surface area contributed by atoms with Gasteiger partial charge in [0.2, 0.25) is 0 Å². The highest BCUT2D eigenvalue weighted by atomic mass is 16.6. The van der Waals surface area contributed by atoms with E-state index in [1.165, 1.54) is 20.8 Å². The fourth-order valence-corrected chi connectivity index (χ4v) is 7.43. The summed E-state index contributed by atoms with van der Waals surface area (Å²) in [7, 11) is 0. The Morgan fingerprint density at radius 3 is 2.23 bits per heavy atom. The van der Waals surface area contributed by atoms with E-state index < -0.39 is 75.7 Å². The van der Waals surface area contributed by atoms with Crippen LogP contribution in [0.5, 0.6) is 0 Å². The lowest BCUT2D eigenvalue weighted by atomic mass is 9.59. The summed E-state index contributed by atoms with van der Waals surface area (Å²) in [6, 6.07) is 0. The summed E-state index contributed by atoms with van der Waals surface area (Å²) < 4.78 is 16.9. The van der Waals surface area contributed by atoms with Crippen molar-refractivity contribution in [1.29, 1.82) is 0 Å². The van der Waals surface area contributed by atoms with E-state index in [-0.39, 0.29) is 13.0 Å². The third-order valence-corrected chi connectivity index (χ3v) is 8.82. The molecule has 2 N–H and O–H groups in total. The lowest BCUT2D eigenvalue weighted by molar-refractivity contribution is -0.227. The number of hydrogen-bond donors (Lipinski definition) is 2. The molecule has 9 heteroatoms. The third kappa shape index (κ3) is 3.27. The Kier molecular flexibility index (Phi) is 5.65. The number of carbonyl (C=O) groups is 4. The Bertz CT molecular complexity index is 1070. The summed E-state index contributed by atoms with van der Waals surface area (Å²) in [4.78, 5) is 49.1. The first kappa shape index (κ1) is 25.6. The van der Waals surface area contributed by atoms with Crippen LogP contribution in [0.2, 0.25) is 0 Å². The number of ketones is 1. The van der Waals surface area contributed by atoms with E-state index in [4.69, 9.17) is 14.2 Å². The van der Waals surface area contributed by atoms with Crippen LogP contribution >= 0.6 is 0 Å². The van der Waals surface area contributed by atoms with Crippen LogP contribution in [-0.2, 0) is 33.4 Å². The molecule has 0 bridgehead atoms. The number of esters is 3. The molecule has 2 fully saturated rings. The van der Waals surface area contributed by atoms with Crippen LogP contribution in [0.3, 0.4) is 0 Å². The number of aliphatic hydroxyl groups is 2. The molecule has 4 aliphatic rings. The van der Waals surface area contributed by atoms with E-state index in [0.717, 1.165) is 0 Å². The monoisotopic (exact) mass is 490 g/mol. The Labute approximate surface area is 204 Å². The van der Waals surface area contributed by atoms with E-state index in [9.17, 15) is 29.4 Å². The van der Waals surface area contributed by atoms with Gasteiger partial charge >= 0.3 is 17.9 Å². The summed E-state index contributed by atoms with van der Waals surface area (Å²) in [5.74, 6) is -5.20. The van der Waals surface area contributed by atoms with Crippen molar-refractivity contribution >= 4 is 23.7 Å². The lowest BCUT2D eigenvalue weighted by Crippen LogP contribution is -2.66. The highest BCUT2D eigenvalue weighted by molar-refractivity contribution is 6.04. The molecule has 35 heavy (non-hydrogen) atoms. The van der Waals surface area contributed by atoms with Crippen LogP contribution in [0.4, 0.5) is 0 Å². The maximum Gasteiger partial charge on any atom is 0.303 e. The molecular formula is C26H34O9. The van der Waals surface area contributed by atoms with Crippen LogP contribution in [0.15, 0.2) is 23.3 Å². The van der Waals surface area contributed by atoms with Crippen LogP contribution < -0.4 is 0 Å². The summed E-state index contributed by atoms with van der Waals surface area (Å²) >= 11 is 0. The number of Topliss-reactive ketones (excluding diaryl/α,β-unsaturated/α-hetero) is 1. The average molecular weight is 491 g/mol. The van der Waals surface area contributed by atoms with E-state index in [1.807, 2.05) is 13.8 Å². The summed E-state index contributed by atoms with van der Waals surface area (Å²) in [6.45, 7) is 10.7. The molecule has 0 aliphatic heterocycles. The van der Waals surface area contributed by atoms with E-state index in [1.54, 1.807) is 26.0 Å². The first-order chi connectivity index (χ1) is 16.0. The van der Waals surface area contributed by atoms with Crippen molar-refractivity contribution in [2.45, 2.75) is 77.8 Å². The van der Waals surface area contributed by atoms with Gasteiger partial charge in [0.15, 0.2) is 11.4 Å². The molecule has 0 aromatic carbocycles. The van der Waals surface area contributed by atoms with Gasteiger partial charge in [-0.3, -0.25) is 19.2 Å². The van der Waals surface area contributed by atoms with Gasteiger partial charge in [-0.1, -0.05) is 32.9 Å². The lowest BCUT2D eigenvalue weighted by Gasteiger charge is -2.53. The van der Waals surface area contributed by atoms with Gasteiger partial charge in [-0.2, -0.15) is 0 Å². The van der Waals surface area contributed by atoms with Crippen molar-refractivity contribution < 1.29 is 43.6 Å². The highest BCUT2D eigenvalue weighted by Crippen LogP contribution is 2.77. The molecule has 0 amide bonds. The molecule has 0 spiro atoms. The normalized spacial score (nSPS) is 42.9. The fraction of sp³-hybridized carbons (Fsp3) is 0.692. The van der Waals surface area contributed by atoms with Gasteiger partial charge in [0.05, 0.1) is 5.60 Å². The molecule has 0 heterocycles. The molecule has 8 atom stereocenters. The standard InChI is InChI=1S/C26H34O9/c1-12-8-19-24(31,21(12)30)10-17(11-33-14(3)27)9-18-20-23(6,7)26(20,35-16(5)29)22(34-15(4)28)13(2)25(18,19)32/h8-9,13,18-20,22,31-32H,10-11H2,1-7H3. The predicted octanol–water partition coefficient (Wildman–Crippen LogP) is 1.64. The SMILES string of the molecule is CC(=O)OCC1=CC2C3C(C)(C)C3(OC(C)=O)C(OC(C)=O)C(C)C2(O)C2C=C(C)C(=O)C2(O)C1. The molecule has 192 valence electrons. The summed E-state index contributed by atoms with van der Waals surface area (Å²) in [6.07, 6.45) is 2.21. The van der Waals surface area contributed by atoms with Crippen molar-refractivity contribution in [1.82, 2.24) is 0 Å². The first-order valence-corrected chi connectivity index (χ1v) is 11.9. The van der Waals surface area contributed by atoms with Crippen molar-refractivity contribution in [3.63, 3.8) is 0 Å². The Hall–Kier alpha value is -2.52. The highest BCUT2D eigenvalue weighted by Gasteiger charge is 2.87. The van der Waals surface area contributed by atoms with Gasteiger partial charge < -0.3 is 24.4 Å². The first-order valence-electron chi connectivity index (χ1n) is 11.9. The molecule has 0 saturated heterocycles. The largest absolute Gasteiger partial charge is 0.461 e. The van der Waals surface area contributed by atoms with Gasteiger partial charge in [0.1, 0.15) is 18.3 Å². The van der Waals surface area contributed by atoms with Crippen LogP contribution in [0, 0.1) is 29.1 Å². The molecule has 0 radical (unpaired) electrons. The van der Waals surface area contributed by atoms with Gasteiger partial charge in [-0.25, -0.2) is 0 Å². The smallest absolute Gasteiger partial charge is 0.303 e. The molecule has 8 unspecified atom stereocenters. The number of fused-ring (bicyclic) bond motifs is 5. The van der Waals surface area contributed by atoms with Gasteiger partial charge in [-0.05, 0) is 18.1 Å². The van der Waals surface area contributed by atoms with Crippen LogP contribution in [-0.4, -0.2) is 63.4 Å². The average Bonchev–Trinajstić information content (AvgIpc) is 3.15. The van der Waals surface area contributed by atoms with Crippen molar-refractivity contribution in [3.8, 4) is 0 Å². The van der Waals surface area contributed by atoms with Crippen molar-refractivity contribution in [2.75, 3.05) is 6.61 Å². The molecule has 2 saturated carbocycles. The van der Waals surface area contributed by atoms with E-state index >= 15 is 0 Å². The third-order valence-electron chi connectivity index (χ3n) is 8.82. The topological polar surface area (TPSA) is 136 Å². The van der Waals surface area contributed by atoms with Crippen molar-refractivity contribution in [2.24, 2.45) is 29.1 Å².